The molecule has 20 heavy (non-hydrogen) atoms. The average molecular weight is 295 g/mol. The third-order valence-corrected chi connectivity index (χ3v) is 6.29. The molecule has 1 rings (SSSR count). The predicted octanol–water partition coefficient (Wildman–Crippen LogP) is 3.91. The summed E-state index contributed by atoms with van der Waals surface area (Å²) in [6.45, 7) is 11.6. The Morgan fingerprint density at radius 2 is 1.70 bits per heavy atom. The first-order valence-electron chi connectivity index (χ1n) is 7.70. The van der Waals surface area contributed by atoms with E-state index in [4.69, 9.17) is 0 Å². The molecule has 1 aromatic rings. The van der Waals surface area contributed by atoms with Crippen LogP contribution in [0.15, 0.2) is 30.3 Å². The van der Waals surface area contributed by atoms with Gasteiger partial charge in [0.1, 0.15) is 0 Å². The smallest absolute Gasteiger partial charge is 0.0568 e. The molecule has 0 amide bonds. The first-order valence-corrected chi connectivity index (χ1v) is 8.98. The second-order valence-electron chi connectivity index (χ2n) is 5.70. The maximum atomic E-state index is 12.9. The number of nitrogens with one attached hydrogen (secondary N) is 1. The van der Waals surface area contributed by atoms with Gasteiger partial charge in [0.25, 0.3) is 0 Å². The molecule has 0 fully saturated rings. The SMILES string of the molecule is CCNC(c1ccccc1)C(C(C)C)S(=O)C(C)CC. The van der Waals surface area contributed by atoms with Crippen molar-refractivity contribution in [1.29, 1.82) is 0 Å². The van der Waals surface area contributed by atoms with Crippen molar-refractivity contribution in [3.05, 3.63) is 35.9 Å². The van der Waals surface area contributed by atoms with Crippen molar-refractivity contribution in [2.75, 3.05) is 6.54 Å². The van der Waals surface area contributed by atoms with Crippen LogP contribution in [0.1, 0.15) is 52.6 Å². The standard InChI is InChI=1S/C17H29NOS/c1-6-14(5)20(19)17(13(3)4)16(18-7-2)15-11-9-8-10-12-15/h8-14,16-18H,6-7H2,1-5H3. The van der Waals surface area contributed by atoms with Gasteiger partial charge in [-0.3, -0.25) is 4.21 Å². The Hall–Kier alpha value is -0.670. The summed E-state index contributed by atoms with van der Waals surface area (Å²) in [5.74, 6) is 0.383. The number of benzene rings is 1. The molecule has 0 spiro atoms. The van der Waals surface area contributed by atoms with E-state index >= 15 is 0 Å². The molecule has 0 aliphatic carbocycles. The van der Waals surface area contributed by atoms with Crippen molar-refractivity contribution >= 4 is 10.8 Å². The summed E-state index contributed by atoms with van der Waals surface area (Å²) in [6, 6.07) is 10.6. The van der Waals surface area contributed by atoms with E-state index in [1.54, 1.807) is 0 Å². The van der Waals surface area contributed by atoms with Gasteiger partial charge in [-0.25, -0.2) is 0 Å². The zero-order valence-corrected chi connectivity index (χ0v) is 14.2. The predicted molar refractivity (Wildman–Crippen MR) is 89.4 cm³/mol. The van der Waals surface area contributed by atoms with Crippen LogP contribution < -0.4 is 5.32 Å². The Balaban J connectivity index is 3.10. The fraction of sp³-hybridized carbons (Fsp3) is 0.647. The molecule has 0 saturated heterocycles. The third kappa shape index (κ3) is 4.42. The average Bonchev–Trinajstić information content (AvgIpc) is 2.46. The Kier molecular flexibility index (Phi) is 7.46. The van der Waals surface area contributed by atoms with Crippen LogP contribution in [0, 0.1) is 5.92 Å². The summed E-state index contributed by atoms with van der Waals surface area (Å²) in [5, 5.41) is 3.94. The van der Waals surface area contributed by atoms with Gasteiger partial charge < -0.3 is 5.32 Å². The van der Waals surface area contributed by atoms with Gasteiger partial charge in [0.05, 0.1) is 5.25 Å². The maximum absolute atomic E-state index is 12.9. The van der Waals surface area contributed by atoms with Crippen molar-refractivity contribution in [2.24, 2.45) is 5.92 Å². The van der Waals surface area contributed by atoms with Crippen LogP contribution in [-0.2, 0) is 10.8 Å². The number of hydrogen-bond acceptors (Lipinski definition) is 2. The van der Waals surface area contributed by atoms with E-state index in [0.717, 1.165) is 13.0 Å². The van der Waals surface area contributed by atoms with Gasteiger partial charge in [-0.05, 0) is 24.4 Å². The highest BCUT2D eigenvalue weighted by molar-refractivity contribution is 7.86. The molecule has 0 heterocycles. The Morgan fingerprint density at radius 3 is 2.15 bits per heavy atom. The van der Waals surface area contributed by atoms with Crippen LogP contribution in [0.3, 0.4) is 0 Å². The Morgan fingerprint density at radius 1 is 1.10 bits per heavy atom. The fourth-order valence-electron chi connectivity index (χ4n) is 2.52. The van der Waals surface area contributed by atoms with Crippen molar-refractivity contribution in [1.82, 2.24) is 5.32 Å². The van der Waals surface area contributed by atoms with Crippen LogP contribution in [0.4, 0.5) is 0 Å². The number of hydrogen-bond donors (Lipinski definition) is 1. The molecule has 0 bridgehead atoms. The van der Waals surface area contributed by atoms with E-state index in [-0.39, 0.29) is 16.5 Å². The van der Waals surface area contributed by atoms with Crippen molar-refractivity contribution in [3.63, 3.8) is 0 Å². The van der Waals surface area contributed by atoms with Crippen LogP contribution in [0.2, 0.25) is 0 Å². The zero-order chi connectivity index (χ0) is 15.1. The van der Waals surface area contributed by atoms with E-state index in [9.17, 15) is 4.21 Å². The van der Waals surface area contributed by atoms with Gasteiger partial charge in [-0.15, -0.1) is 0 Å². The molecule has 3 heteroatoms. The van der Waals surface area contributed by atoms with E-state index in [2.05, 4.69) is 64.2 Å². The van der Waals surface area contributed by atoms with Crippen LogP contribution >= 0.6 is 0 Å². The molecular formula is C17H29NOS. The minimum absolute atomic E-state index is 0.146. The normalized spacial score (nSPS) is 17.7. The van der Waals surface area contributed by atoms with Crippen LogP contribution in [0.25, 0.3) is 0 Å². The third-order valence-electron chi connectivity index (χ3n) is 3.81. The molecule has 1 N–H and O–H groups in total. The lowest BCUT2D eigenvalue weighted by Gasteiger charge is -2.32. The van der Waals surface area contributed by atoms with Gasteiger partial charge in [0, 0.05) is 22.1 Å². The maximum Gasteiger partial charge on any atom is 0.0568 e. The Labute approximate surface area is 126 Å². The second kappa shape index (κ2) is 8.58. The summed E-state index contributed by atoms with van der Waals surface area (Å²) in [7, 11) is -0.827. The summed E-state index contributed by atoms with van der Waals surface area (Å²) in [6.07, 6.45) is 0.962. The lowest BCUT2D eigenvalue weighted by atomic mass is 9.96. The minimum Gasteiger partial charge on any atom is -0.309 e. The van der Waals surface area contributed by atoms with Gasteiger partial charge in [0.2, 0.25) is 0 Å². The first kappa shape index (κ1) is 17.4. The Bertz CT molecular complexity index is 405. The fourth-order valence-corrected chi connectivity index (χ4v) is 4.45. The minimum atomic E-state index is -0.827. The van der Waals surface area contributed by atoms with E-state index < -0.39 is 10.8 Å². The lowest BCUT2D eigenvalue weighted by molar-refractivity contribution is 0.441. The van der Waals surface area contributed by atoms with E-state index in [1.165, 1.54) is 5.56 Å². The second-order valence-corrected chi connectivity index (χ2v) is 7.71. The highest BCUT2D eigenvalue weighted by Gasteiger charge is 2.32. The van der Waals surface area contributed by atoms with Gasteiger partial charge in [-0.1, -0.05) is 65.0 Å². The van der Waals surface area contributed by atoms with Gasteiger partial charge in [0.15, 0.2) is 0 Å². The van der Waals surface area contributed by atoms with Crippen LogP contribution in [0.5, 0.6) is 0 Å². The number of rotatable bonds is 8. The van der Waals surface area contributed by atoms with Gasteiger partial charge in [-0.2, -0.15) is 0 Å². The molecular weight excluding hydrogens is 266 g/mol. The monoisotopic (exact) mass is 295 g/mol. The van der Waals surface area contributed by atoms with E-state index in [1.807, 2.05) is 6.07 Å². The first-order chi connectivity index (χ1) is 9.52. The van der Waals surface area contributed by atoms with Crippen molar-refractivity contribution in [2.45, 2.75) is 57.6 Å². The van der Waals surface area contributed by atoms with Crippen molar-refractivity contribution in [3.8, 4) is 0 Å². The molecule has 4 atom stereocenters. The molecule has 0 aliphatic rings. The summed E-state index contributed by atoms with van der Waals surface area (Å²) in [5.41, 5.74) is 1.24. The largest absolute Gasteiger partial charge is 0.309 e. The van der Waals surface area contributed by atoms with Crippen LogP contribution in [-0.4, -0.2) is 21.3 Å². The summed E-state index contributed by atoms with van der Waals surface area (Å²) >= 11 is 0. The van der Waals surface area contributed by atoms with E-state index in [0.29, 0.717) is 5.92 Å². The highest BCUT2D eigenvalue weighted by atomic mass is 32.2. The molecule has 4 unspecified atom stereocenters. The van der Waals surface area contributed by atoms with Crippen molar-refractivity contribution < 1.29 is 4.21 Å². The molecule has 1 aromatic carbocycles. The molecule has 0 saturated carbocycles. The molecule has 114 valence electrons. The zero-order valence-electron chi connectivity index (χ0n) is 13.4. The highest BCUT2D eigenvalue weighted by Crippen LogP contribution is 2.28. The van der Waals surface area contributed by atoms with Gasteiger partial charge >= 0.3 is 0 Å². The quantitative estimate of drug-likeness (QED) is 0.788. The molecule has 0 aromatic heterocycles. The lowest BCUT2D eigenvalue weighted by Crippen LogP contribution is -2.40. The topological polar surface area (TPSA) is 29.1 Å². The summed E-state index contributed by atoms with van der Waals surface area (Å²) < 4.78 is 12.9. The molecule has 2 nitrogen and oxygen atoms in total. The molecule has 0 radical (unpaired) electrons. The summed E-state index contributed by atoms with van der Waals surface area (Å²) in [4.78, 5) is 0. The molecule has 0 aliphatic heterocycles.